The van der Waals surface area contributed by atoms with Gasteiger partial charge in [0.2, 0.25) is 11.2 Å². The van der Waals surface area contributed by atoms with E-state index in [1.165, 1.54) is 0 Å². The molecule has 0 atom stereocenters. The number of carbonyl (C=O) groups is 1. The Hall–Kier alpha value is -1.02. The Morgan fingerprint density at radius 3 is 2.63 bits per heavy atom. The van der Waals surface area contributed by atoms with E-state index in [-0.39, 0.29) is 22.7 Å². The van der Waals surface area contributed by atoms with Crippen molar-refractivity contribution in [1.82, 2.24) is 15.3 Å². The highest BCUT2D eigenvalue weighted by Gasteiger charge is 2.33. The molecule has 0 aromatic carbocycles. The van der Waals surface area contributed by atoms with Crippen molar-refractivity contribution in [3.63, 3.8) is 0 Å². The van der Waals surface area contributed by atoms with Gasteiger partial charge < -0.3 is 5.32 Å². The van der Waals surface area contributed by atoms with Crippen LogP contribution in [-0.4, -0.2) is 27.7 Å². The molecular formula is C10H11ClF3N3OS. The average molecular weight is 314 g/mol. The molecule has 1 N–H and O–H groups in total. The maximum atomic E-state index is 12.5. The van der Waals surface area contributed by atoms with Crippen LogP contribution in [0, 0.1) is 0 Å². The van der Waals surface area contributed by atoms with Gasteiger partial charge in [-0.15, -0.1) is 0 Å². The summed E-state index contributed by atoms with van der Waals surface area (Å²) in [5.74, 6) is -0.327. The molecule has 4 nitrogen and oxygen atoms in total. The van der Waals surface area contributed by atoms with Crippen molar-refractivity contribution in [2.45, 2.75) is 31.1 Å². The Balaban J connectivity index is 2.74. The lowest BCUT2D eigenvalue weighted by molar-refractivity contribution is -0.141. The molecule has 9 heteroatoms. The van der Waals surface area contributed by atoms with Crippen molar-refractivity contribution in [3.8, 4) is 0 Å². The van der Waals surface area contributed by atoms with Gasteiger partial charge in [-0.05, 0) is 25.4 Å². The fraction of sp³-hybridized carbons (Fsp3) is 0.500. The molecule has 1 aromatic heterocycles. The number of hydrogen-bond donors (Lipinski definition) is 1. The van der Waals surface area contributed by atoms with Crippen LogP contribution in [0.3, 0.4) is 0 Å². The van der Waals surface area contributed by atoms with Gasteiger partial charge in [-0.25, -0.2) is 9.97 Å². The molecule has 0 aliphatic carbocycles. The van der Waals surface area contributed by atoms with Crippen LogP contribution in [0.5, 0.6) is 0 Å². The van der Waals surface area contributed by atoms with Gasteiger partial charge in [0.05, 0.1) is 5.75 Å². The number of nitrogens with one attached hydrogen (secondary N) is 1. The molecule has 1 amide bonds. The van der Waals surface area contributed by atoms with Crippen LogP contribution in [-0.2, 0) is 11.0 Å². The van der Waals surface area contributed by atoms with Gasteiger partial charge in [0.25, 0.3) is 0 Å². The Morgan fingerprint density at radius 2 is 2.11 bits per heavy atom. The highest BCUT2D eigenvalue weighted by atomic mass is 35.5. The minimum atomic E-state index is -4.60. The number of rotatable bonds is 4. The first kappa shape index (κ1) is 16.0. The van der Waals surface area contributed by atoms with Gasteiger partial charge >= 0.3 is 6.18 Å². The number of alkyl halides is 3. The second-order valence-electron chi connectivity index (χ2n) is 3.87. The largest absolute Gasteiger partial charge is 0.433 e. The topological polar surface area (TPSA) is 54.9 Å². The zero-order valence-corrected chi connectivity index (χ0v) is 11.7. The molecule has 0 unspecified atom stereocenters. The van der Waals surface area contributed by atoms with E-state index in [2.05, 4.69) is 15.3 Å². The summed E-state index contributed by atoms with van der Waals surface area (Å²) in [4.78, 5) is 18.1. The molecule has 0 aliphatic heterocycles. The van der Waals surface area contributed by atoms with Gasteiger partial charge in [0.1, 0.15) is 5.03 Å². The summed E-state index contributed by atoms with van der Waals surface area (Å²) in [6, 6.07) is 0.729. The molecule has 0 spiro atoms. The van der Waals surface area contributed by atoms with Crippen molar-refractivity contribution >= 4 is 29.3 Å². The predicted octanol–water partition coefficient (Wildman–Crippen LogP) is 2.77. The first-order valence-corrected chi connectivity index (χ1v) is 6.59. The maximum absolute atomic E-state index is 12.5. The van der Waals surface area contributed by atoms with Crippen LogP contribution in [0.2, 0.25) is 5.28 Å². The van der Waals surface area contributed by atoms with Crippen LogP contribution in [0.25, 0.3) is 0 Å². The van der Waals surface area contributed by atoms with Crippen molar-refractivity contribution in [1.29, 1.82) is 0 Å². The molecule has 1 aromatic rings. The summed E-state index contributed by atoms with van der Waals surface area (Å²) in [6.45, 7) is 3.57. The Kier molecular flexibility index (Phi) is 5.42. The Bertz CT molecular complexity index is 468. The van der Waals surface area contributed by atoms with Crippen LogP contribution in [0.1, 0.15) is 19.5 Å². The van der Waals surface area contributed by atoms with Crippen molar-refractivity contribution in [2.75, 3.05) is 5.75 Å². The number of amides is 1. The van der Waals surface area contributed by atoms with E-state index in [4.69, 9.17) is 11.6 Å². The molecule has 0 saturated carbocycles. The van der Waals surface area contributed by atoms with Crippen LogP contribution in [0.15, 0.2) is 11.1 Å². The van der Waals surface area contributed by atoms with E-state index in [9.17, 15) is 18.0 Å². The molecule has 19 heavy (non-hydrogen) atoms. The second kappa shape index (κ2) is 6.42. The zero-order chi connectivity index (χ0) is 14.6. The molecule has 1 rings (SSSR count). The molecule has 0 bridgehead atoms. The Morgan fingerprint density at radius 1 is 1.47 bits per heavy atom. The van der Waals surface area contributed by atoms with Crippen molar-refractivity contribution in [2.24, 2.45) is 0 Å². The van der Waals surface area contributed by atoms with Crippen molar-refractivity contribution < 1.29 is 18.0 Å². The fourth-order valence-electron chi connectivity index (χ4n) is 1.12. The highest BCUT2D eigenvalue weighted by molar-refractivity contribution is 7.99. The van der Waals surface area contributed by atoms with E-state index in [0.717, 1.165) is 17.8 Å². The Labute approximate surface area is 117 Å². The maximum Gasteiger partial charge on any atom is 0.433 e. The lowest BCUT2D eigenvalue weighted by Gasteiger charge is -2.09. The number of hydrogen-bond acceptors (Lipinski definition) is 4. The van der Waals surface area contributed by atoms with Crippen LogP contribution < -0.4 is 5.32 Å². The predicted molar refractivity (Wildman–Crippen MR) is 66.0 cm³/mol. The number of aromatic nitrogens is 2. The smallest absolute Gasteiger partial charge is 0.353 e. The summed E-state index contributed by atoms with van der Waals surface area (Å²) in [7, 11) is 0. The first-order chi connectivity index (χ1) is 8.68. The standard InChI is InChI=1S/C10H11ClF3N3OS/c1-5(2)15-7(18)4-19-8-3-6(10(12,13)14)16-9(11)17-8/h3,5H,4H2,1-2H3,(H,15,18). The molecule has 106 valence electrons. The number of thioether (sulfide) groups is 1. The molecule has 0 radical (unpaired) electrons. The molecule has 0 saturated heterocycles. The molecule has 0 fully saturated rings. The quantitative estimate of drug-likeness (QED) is 0.527. The summed E-state index contributed by atoms with van der Waals surface area (Å²) in [5, 5.41) is 2.12. The van der Waals surface area contributed by atoms with Gasteiger partial charge in [0, 0.05) is 12.1 Å². The van der Waals surface area contributed by atoms with Crippen LogP contribution >= 0.6 is 23.4 Å². The number of carbonyl (C=O) groups excluding carboxylic acids is 1. The lowest BCUT2D eigenvalue weighted by atomic mass is 10.4. The summed E-state index contributed by atoms with van der Waals surface area (Å²) < 4.78 is 37.4. The third-order valence-electron chi connectivity index (χ3n) is 1.77. The number of halogens is 4. The van der Waals surface area contributed by atoms with Crippen LogP contribution in [0.4, 0.5) is 13.2 Å². The van der Waals surface area contributed by atoms with E-state index >= 15 is 0 Å². The number of nitrogens with zero attached hydrogens (tertiary/aromatic N) is 2. The van der Waals surface area contributed by atoms with Gasteiger partial charge in [-0.1, -0.05) is 11.8 Å². The van der Waals surface area contributed by atoms with Gasteiger partial charge in [0.15, 0.2) is 5.69 Å². The second-order valence-corrected chi connectivity index (χ2v) is 5.20. The van der Waals surface area contributed by atoms with Crippen molar-refractivity contribution in [3.05, 3.63) is 17.0 Å². The normalized spacial score (nSPS) is 11.7. The average Bonchev–Trinajstić information content (AvgIpc) is 2.23. The molecule has 1 heterocycles. The van der Waals surface area contributed by atoms with E-state index in [1.54, 1.807) is 13.8 Å². The summed E-state index contributed by atoms with van der Waals surface area (Å²) in [6.07, 6.45) is -4.60. The third-order valence-corrected chi connectivity index (χ3v) is 2.85. The fourth-order valence-corrected chi connectivity index (χ4v) is 2.06. The molecular weight excluding hydrogens is 303 g/mol. The van der Waals surface area contributed by atoms with E-state index in [0.29, 0.717) is 0 Å². The minimum Gasteiger partial charge on any atom is -0.353 e. The van der Waals surface area contributed by atoms with E-state index in [1.807, 2.05) is 0 Å². The van der Waals surface area contributed by atoms with Gasteiger partial charge in [-0.3, -0.25) is 4.79 Å². The third kappa shape index (κ3) is 5.65. The first-order valence-electron chi connectivity index (χ1n) is 5.22. The highest BCUT2D eigenvalue weighted by Crippen LogP contribution is 2.30. The summed E-state index contributed by atoms with van der Waals surface area (Å²) >= 11 is 6.29. The zero-order valence-electron chi connectivity index (χ0n) is 10.1. The van der Waals surface area contributed by atoms with E-state index < -0.39 is 17.2 Å². The monoisotopic (exact) mass is 313 g/mol. The SMILES string of the molecule is CC(C)NC(=O)CSc1cc(C(F)(F)F)nc(Cl)n1. The lowest BCUT2D eigenvalue weighted by Crippen LogP contribution is -2.31. The molecule has 0 aliphatic rings. The van der Waals surface area contributed by atoms with Gasteiger partial charge in [-0.2, -0.15) is 13.2 Å². The summed E-state index contributed by atoms with van der Waals surface area (Å²) in [5.41, 5.74) is -1.13. The minimum absolute atomic E-state index is 0.00577.